The summed E-state index contributed by atoms with van der Waals surface area (Å²) in [7, 11) is 1.91. The number of para-hydroxylation sites is 1. The summed E-state index contributed by atoms with van der Waals surface area (Å²) in [5.41, 5.74) is 0.777. The van der Waals surface area contributed by atoms with Gasteiger partial charge in [0.05, 0.1) is 10.7 Å². The number of anilines is 1. The summed E-state index contributed by atoms with van der Waals surface area (Å²) in [6.45, 7) is 1.56. The number of nitrogens with zero attached hydrogens (tertiary/aromatic N) is 1. The Bertz CT molecular complexity index is 410. The number of urea groups is 1. The van der Waals surface area contributed by atoms with E-state index in [9.17, 15) is 4.79 Å². The Morgan fingerprint density at radius 3 is 3.00 bits per heavy atom. The van der Waals surface area contributed by atoms with Gasteiger partial charge in [0.25, 0.3) is 0 Å². The molecule has 5 heteroatoms. The van der Waals surface area contributed by atoms with Crippen molar-refractivity contribution in [3.63, 3.8) is 0 Å². The van der Waals surface area contributed by atoms with Crippen molar-refractivity contribution in [1.82, 2.24) is 10.6 Å². The van der Waals surface area contributed by atoms with E-state index in [0.717, 1.165) is 18.7 Å². The zero-order valence-corrected chi connectivity index (χ0v) is 10.5. The Morgan fingerprint density at radius 2 is 2.29 bits per heavy atom. The Kier molecular flexibility index (Phi) is 3.86. The molecule has 1 aliphatic rings. The van der Waals surface area contributed by atoms with Gasteiger partial charge in [0, 0.05) is 12.6 Å². The van der Waals surface area contributed by atoms with Crippen LogP contribution in [0.25, 0.3) is 0 Å². The van der Waals surface area contributed by atoms with Crippen LogP contribution in [0.5, 0.6) is 0 Å². The fourth-order valence-electron chi connectivity index (χ4n) is 1.96. The molecule has 0 spiro atoms. The molecule has 0 aliphatic carbocycles. The first-order valence-corrected chi connectivity index (χ1v) is 6.07. The molecular formula is C12H16ClN3O. The highest BCUT2D eigenvalue weighted by atomic mass is 35.5. The first-order valence-electron chi connectivity index (χ1n) is 5.69. The molecule has 2 amide bonds. The van der Waals surface area contributed by atoms with Gasteiger partial charge in [-0.05, 0) is 32.1 Å². The summed E-state index contributed by atoms with van der Waals surface area (Å²) in [6.07, 6.45) is 0.920. The van der Waals surface area contributed by atoms with E-state index in [4.69, 9.17) is 11.6 Å². The van der Waals surface area contributed by atoms with Crippen LogP contribution < -0.4 is 15.5 Å². The molecule has 0 saturated carbocycles. The van der Waals surface area contributed by atoms with Crippen LogP contribution in [-0.2, 0) is 0 Å². The summed E-state index contributed by atoms with van der Waals surface area (Å²) in [5.74, 6) is 0. The van der Waals surface area contributed by atoms with Crippen molar-refractivity contribution in [2.24, 2.45) is 0 Å². The molecule has 1 fully saturated rings. The molecular weight excluding hydrogens is 238 g/mol. The van der Waals surface area contributed by atoms with Crippen LogP contribution in [0.4, 0.5) is 10.5 Å². The Balaban J connectivity index is 2.08. The molecule has 0 radical (unpaired) electrons. The Labute approximate surface area is 106 Å². The van der Waals surface area contributed by atoms with Crippen LogP contribution in [-0.4, -0.2) is 32.2 Å². The molecule has 1 saturated heterocycles. The molecule has 1 aromatic rings. The molecule has 2 N–H and O–H groups in total. The van der Waals surface area contributed by atoms with Crippen LogP contribution in [0, 0.1) is 0 Å². The second kappa shape index (κ2) is 5.38. The minimum absolute atomic E-state index is 0.0702. The Morgan fingerprint density at radius 1 is 1.53 bits per heavy atom. The van der Waals surface area contributed by atoms with E-state index in [2.05, 4.69) is 10.6 Å². The number of halogens is 1. The minimum atomic E-state index is -0.0702. The summed E-state index contributed by atoms with van der Waals surface area (Å²) in [6, 6.07) is 7.52. The zero-order valence-electron chi connectivity index (χ0n) is 9.74. The van der Waals surface area contributed by atoms with Gasteiger partial charge in [0.15, 0.2) is 0 Å². The van der Waals surface area contributed by atoms with Crippen molar-refractivity contribution in [3.8, 4) is 0 Å². The van der Waals surface area contributed by atoms with Crippen molar-refractivity contribution in [3.05, 3.63) is 29.3 Å². The maximum absolute atomic E-state index is 11.8. The fraction of sp³-hybridized carbons (Fsp3) is 0.417. The minimum Gasteiger partial charge on any atom is -0.333 e. The molecule has 4 nitrogen and oxygen atoms in total. The van der Waals surface area contributed by atoms with E-state index in [0.29, 0.717) is 11.6 Å². The number of amides is 2. The van der Waals surface area contributed by atoms with Gasteiger partial charge in [-0.2, -0.15) is 0 Å². The normalized spacial score (nSPS) is 19.5. The maximum Gasteiger partial charge on any atom is 0.322 e. The smallest absolute Gasteiger partial charge is 0.322 e. The lowest BCUT2D eigenvalue weighted by molar-refractivity contribution is 0.250. The summed E-state index contributed by atoms with van der Waals surface area (Å²) < 4.78 is 0. The van der Waals surface area contributed by atoms with Crippen molar-refractivity contribution in [2.75, 3.05) is 25.0 Å². The molecule has 0 bridgehead atoms. The number of carbonyl (C=O) groups is 1. The molecule has 1 heterocycles. The summed E-state index contributed by atoms with van der Waals surface area (Å²) >= 11 is 6.09. The quantitative estimate of drug-likeness (QED) is 0.860. The van der Waals surface area contributed by atoms with E-state index >= 15 is 0 Å². The Hall–Kier alpha value is -1.26. The summed E-state index contributed by atoms with van der Waals surface area (Å²) in [5, 5.41) is 6.64. The van der Waals surface area contributed by atoms with E-state index in [1.54, 1.807) is 11.0 Å². The van der Waals surface area contributed by atoms with Gasteiger partial charge in [-0.25, -0.2) is 4.79 Å². The highest BCUT2D eigenvalue weighted by Gasteiger charge is 2.30. The lowest BCUT2D eigenvalue weighted by Gasteiger charge is -2.16. The molecule has 2 rings (SSSR count). The lowest BCUT2D eigenvalue weighted by Crippen LogP contribution is -2.30. The van der Waals surface area contributed by atoms with Gasteiger partial charge in [-0.1, -0.05) is 23.7 Å². The summed E-state index contributed by atoms with van der Waals surface area (Å²) in [4.78, 5) is 13.5. The van der Waals surface area contributed by atoms with Crippen molar-refractivity contribution in [1.29, 1.82) is 0 Å². The van der Waals surface area contributed by atoms with Crippen molar-refractivity contribution < 1.29 is 4.79 Å². The number of carbonyl (C=O) groups excluding carboxylic acids is 1. The van der Waals surface area contributed by atoms with Crippen LogP contribution >= 0.6 is 11.6 Å². The third kappa shape index (κ3) is 2.70. The highest BCUT2D eigenvalue weighted by molar-refractivity contribution is 6.33. The molecule has 1 atom stereocenters. The third-order valence-electron chi connectivity index (χ3n) is 2.86. The van der Waals surface area contributed by atoms with Gasteiger partial charge < -0.3 is 10.6 Å². The van der Waals surface area contributed by atoms with Crippen LogP contribution in [0.3, 0.4) is 0 Å². The second-order valence-electron chi connectivity index (χ2n) is 4.10. The number of hydrogen-bond acceptors (Lipinski definition) is 2. The number of hydrogen-bond donors (Lipinski definition) is 2. The van der Waals surface area contributed by atoms with E-state index < -0.39 is 0 Å². The van der Waals surface area contributed by atoms with Gasteiger partial charge in [0.1, 0.15) is 0 Å². The van der Waals surface area contributed by atoms with Crippen LogP contribution in [0.1, 0.15) is 6.42 Å². The van der Waals surface area contributed by atoms with E-state index in [-0.39, 0.29) is 12.1 Å². The van der Waals surface area contributed by atoms with Crippen molar-refractivity contribution >= 4 is 23.3 Å². The van der Waals surface area contributed by atoms with Gasteiger partial charge in [-0.15, -0.1) is 0 Å². The largest absolute Gasteiger partial charge is 0.333 e. The average Bonchev–Trinajstić information content (AvgIpc) is 2.68. The van der Waals surface area contributed by atoms with Crippen LogP contribution in [0.2, 0.25) is 5.02 Å². The SMILES string of the molecule is CNCCC1CN(c2ccccc2Cl)C(=O)N1. The average molecular weight is 254 g/mol. The van der Waals surface area contributed by atoms with E-state index in [1.165, 1.54) is 0 Å². The molecule has 17 heavy (non-hydrogen) atoms. The topological polar surface area (TPSA) is 44.4 Å². The molecule has 92 valence electrons. The standard InChI is InChI=1S/C12H16ClN3O/c1-14-7-6-9-8-16(12(17)15-9)11-5-3-2-4-10(11)13/h2-5,9,14H,6-8H2,1H3,(H,15,17). The predicted octanol–water partition coefficient (Wildman–Crippen LogP) is 1.85. The molecule has 0 aromatic heterocycles. The fourth-order valence-corrected chi connectivity index (χ4v) is 2.20. The van der Waals surface area contributed by atoms with Gasteiger partial charge in [-0.3, -0.25) is 4.90 Å². The van der Waals surface area contributed by atoms with Gasteiger partial charge in [0.2, 0.25) is 0 Å². The lowest BCUT2D eigenvalue weighted by atomic mass is 10.2. The number of benzene rings is 1. The van der Waals surface area contributed by atoms with E-state index in [1.807, 2.05) is 25.2 Å². The zero-order chi connectivity index (χ0) is 12.3. The monoisotopic (exact) mass is 253 g/mol. The number of nitrogens with one attached hydrogen (secondary N) is 2. The second-order valence-corrected chi connectivity index (χ2v) is 4.51. The molecule has 1 aromatic carbocycles. The van der Waals surface area contributed by atoms with Crippen LogP contribution in [0.15, 0.2) is 24.3 Å². The highest BCUT2D eigenvalue weighted by Crippen LogP contribution is 2.27. The first kappa shape index (κ1) is 12.2. The van der Waals surface area contributed by atoms with Gasteiger partial charge >= 0.3 is 6.03 Å². The molecule has 1 unspecified atom stereocenters. The molecule has 1 aliphatic heterocycles. The maximum atomic E-state index is 11.8. The third-order valence-corrected chi connectivity index (χ3v) is 3.18. The van der Waals surface area contributed by atoms with Crippen molar-refractivity contribution in [2.45, 2.75) is 12.5 Å². The first-order chi connectivity index (χ1) is 8.22. The predicted molar refractivity (Wildman–Crippen MR) is 69.7 cm³/mol. The number of rotatable bonds is 4.